The van der Waals surface area contributed by atoms with Crippen molar-refractivity contribution in [3.63, 3.8) is 0 Å². The van der Waals surface area contributed by atoms with Crippen molar-refractivity contribution < 1.29 is 136 Å². The van der Waals surface area contributed by atoms with Gasteiger partial charge in [-0.3, -0.25) is 33.6 Å². The number of hydrogen-bond donors (Lipinski definition) is 19. The third kappa shape index (κ3) is 17.6. The van der Waals surface area contributed by atoms with Crippen LogP contribution in [-0.2, 0) is 52.6 Å². The monoisotopic (exact) mass is 1530 g/mol. The number of nitrogens with one attached hydrogen (secondary N) is 7. The van der Waals surface area contributed by atoms with Gasteiger partial charge in [-0.05, 0) is 115 Å². The molecule has 0 aromatic heterocycles. The quantitative estimate of drug-likeness (QED) is 0.0512. The van der Waals surface area contributed by atoms with Crippen molar-refractivity contribution >= 4 is 70.5 Å². The SMILES string of the molecule is CC(C)CN[C@H](CC(C)C)C(=O)N[C@H]1C(=O)N[C@@H](CC(N)=O)C(=O)N[C@@H]2C(=O)N[C@H]3C(=O)N[C@H](C(=O)N[C@H](C(=O)O)c4cc(O)cc(O)c4-c4cc3ccc4O)[C@H](O)c3ccc(c(Cl)c3)Oc3cc2cc(c3O[C@@H]2O[C@H](CO)[C@@H](O)[C@H](O)[C@H]2O[C@H]2C[C@](C)([NH3+])[C@H](O)[C@H](C)O2)Oc2ccc(cc2Cl)[C@H]1O.[Cl-]. The Balaban J connectivity index is 0.0000128. The van der Waals surface area contributed by atoms with Gasteiger partial charge in [0.25, 0.3) is 0 Å². The number of benzene rings is 5. The molecule has 7 aliphatic heterocycles. The summed E-state index contributed by atoms with van der Waals surface area (Å²) in [5.41, 5.74) is 5.95. The number of carbonyl (C=O) groups is 8. The van der Waals surface area contributed by atoms with Gasteiger partial charge in [0.15, 0.2) is 29.9 Å². The van der Waals surface area contributed by atoms with Crippen LogP contribution in [0.2, 0.25) is 10.0 Å². The number of aliphatic carboxylic acids is 1. The largest absolute Gasteiger partial charge is 1.00 e. The molecule has 7 aliphatic rings. The highest BCUT2D eigenvalue weighted by atomic mass is 35.5. The molecule has 18 atom stereocenters. The first kappa shape index (κ1) is 80.2. The number of halogens is 3. The predicted octanol–water partition coefficient (Wildman–Crippen LogP) is -2.58. The van der Waals surface area contributed by atoms with E-state index in [4.69, 9.17) is 57.4 Å². The number of quaternary nitrogens is 1. The summed E-state index contributed by atoms with van der Waals surface area (Å²) in [5, 5.41) is 132. The minimum absolute atomic E-state index is 0. The Kier molecular flexibility index (Phi) is 25.1. The van der Waals surface area contributed by atoms with Crippen LogP contribution in [0.15, 0.2) is 78.9 Å². The lowest BCUT2D eigenvalue weighted by Crippen LogP contribution is -3.00. The lowest BCUT2D eigenvalue weighted by Gasteiger charge is -2.45. The second-order valence-electron chi connectivity index (χ2n) is 27.4. The second-order valence-corrected chi connectivity index (χ2v) is 28.2. The molecule has 2 saturated heterocycles. The Morgan fingerprint density at radius 1 is 0.705 bits per heavy atom. The molecule has 12 rings (SSSR count). The molecule has 0 spiro atoms. The molecule has 7 amide bonds. The van der Waals surface area contributed by atoms with E-state index < -0.39 is 231 Å². The maximum absolute atomic E-state index is 16.1. The van der Waals surface area contributed by atoms with E-state index in [-0.39, 0.29) is 70.3 Å². The van der Waals surface area contributed by atoms with E-state index in [9.17, 15) is 70.2 Å². The van der Waals surface area contributed by atoms with E-state index in [1.54, 1.807) is 6.92 Å². The zero-order chi connectivity index (χ0) is 75.8. The van der Waals surface area contributed by atoms with Crippen LogP contribution in [0.5, 0.6) is 46.0 Å². The fourth-order valence-electron chi connectivity index (χ4n) is 12.9. The van der Waals surface area contributed by atoms with E-state index in [1.807, 2.05) is 27.7 Å². The van der Waals surface area contributed by atoms with Gasteiger partial charge in [-0.15, -0.1) is 0 Å². The number of carbonyl (C=O) groups excluding carboxylic acids is 7. The van der Waals surface area contributed by atoms with Crippen molar-refractivity contribution in [3.05, 3.63) is 117 Å². The van der Waals surface area contributed by atoms with Crippen LogP contribution in [-0.4, -0.2) is 190 Å². The molecule has 7 heterocycles. The zero-order valence-corrected chi connectivity index (χ0v) is 59.4. The molecule has 2 fully saturated rings. The summed E-state index contributed by atoms with van der Waals surface area (Å²) in [4.78, 5) is 118. The van der Waals surface area contributed by atoms with E-state index in [0.717, 1.165) is 66.7 Å². The van der Waals surface area contributed by atoms with Crippen molar-refractivity contribution in [3.8, 4) is 57.1 Å². The van der Waals surface area contributed by atoms with Crippen LogP contribution in [0.3, 0.4) is 0 Å². The number of aliphatic hydroxyl groups is 6. The number of hydrogen-bond acceptors (Lipinski definition) is 24. The van der Waals surface area contributed by atoms with Gasteiger partial charge < -0.3 is 141 Å². The highest BCUT2D eigenvalue weighted by Gasteiger charge is 2.52. The van der Waals surface area contributed by atoms with Gasteiger partial charge in [0.05, 0.1) is 41.6 Å². The molecule has 5 aromatic rings. The number of rotatable bonds is 15. The Labute approximate surface area is 615 Å². The van der Waals surface area contributed by atoms with Crippen molar-refractivity contribution in [2.75, 3.05) is 13.2 Å². The number of nitrogens with two attached hydrogens (primary N) is 1. The van der Waals surface area contributed by atoms with Gasteiger partial charge >= 0.3 is 5.97 Å². The fourth-order valence-corrected chi connectivity index (χ4v) is 13.3. The molecule has 0 saturated carbocycles. The van der Waals surface area contributed by atoms with Crippen LogP contribution >= 0.6 is 23.2 Å². The number of carboxylic acid groups (broad SMARTS) is 1. The molecular weight excluding hydrogens is 1450 g/mol. The van der Waals surface area contributed by atoms with Crippen molar-refractivity contribution in [2.24, 2.45) is 17.6 Å². The molecule has 0 unspecified atom stereocenters. The summed E-state index contributed by atoms with van der Waals surface area (Å²) >= 11 is 14.2. The molecular formula is C69H82Cl3N9O24. The number of ether oxygens (including phenoxy) is 6. The van der Waals surface area contributed by atoms with Crippen LogP contribution in [0.4, 0.5) is 0 Å². The third-order valence-electron chi connectivity index (χ3n) is 18.3. The van der Waals surface area contributed by atoms with Crippen molar-refractivity contribution in [1.29, 1.82) is 0 Å². The van der Waals surface area contributed by atoms with E-state index >= 15 is 19.2 Å². The predicted molar refractivity (Wildman–Crippen MR) is 362 cm³/mol. The van der Waals surface area contributed by atoms with Gasteiger partial charge in [-0.2, -0.15) is 0 Å². The van der Waals surface area contributed by atoms with Crippen LogP contribution in [0.25, 0.3) is 11.1 Å². The molecule has 105 heavy (non-hydrogen) atoms. The summed E-state index contributed by atoms with van der Waals surface area (Å²) in [6, 6.07) is -0.537. The van der Waals surface area contributed by atoms with Crippen molar-refractivity contribution in [1.82, 2.24) is 37.2 Å². The number of amides is 7. The topological polar surface area (TPSA) is 532 Å². The fraction of sp³-hybridized carbons (Fsp3) is 0.449. The Bertz CT molecular complexity index is 4160. The van der Waals surface area contributed by atoms with Crippen LogP contribution in [0, 0.1) is 11.8 Å². The van der Waals surface area contributed by atoms with E-state index in [1.165, 1.54) is 19.1 Å². The number of aliphatic hydroxyl groups excluding tert-OH is 6. The molecule has 0 aliphatic carbocycles. The number of phenols is 3. The lowest BCUT2D eigenvalue weighted by molar-refractivity contribution is -0.518. The average Bonchev–Trinajstić information content (AvgIpc) is 0.767. The highest BCUT2D eigenvalue weighted by molar-refractivity contribution is 6.32. The summed E-state index contributed by atoms with van der Waals surface area (Å²) in [7, 11) is 0. The standard InChI is InChI=1S/C69H81Cl2N9O24.ClH/c1-25(2)13-37(74-23-26(3)4)61(91)79-52-54(86)29-8-11-41(35(70)15-29)100-43-17-31-18-44(58(43)104-68-59(57(89)56(88)45(24-81)102-68)103-47-22-69(6,73)60(90)27(5)99-47)101-42-12-9-30(16-36(42)71)55(87)53-66(96)78-51(67(97)98)34-19-32(82)20-40(84)48(34)33-14-28(7-10-39(33)83)49(63(93)80-53)77-64(94)50(31)76-62(92)38(21-46(72)85)75-65(52)95;/h7-12,14-20,25-27,37-38,45,47,49-57,59-60,68,74,81-84,86-90H,13,21-24,73H2,1-6H3,(H2,72,85)(H,75,95)(H,76,92)(H,77,94)(H,78,96)(H,79,91)(H,80,93)(H,97,98);1H/t27-,37+,38-,45+,47-,49+,50-,51-,52+,53-,54+,55+,56+,57-,59+,60+,68-,69-;/m0./s1. The van der Waals surface area contributed by atoms with Crippen LogP contribution < -0.4 is 75.3 Å². The smallest absolute Gasteiger partial charge is 0.330 e. The summed E-state index contributed by atoms with van der Waals surface area (Å²) in [6.45, 7) is 10.00. The first-order valence-electron chi connectivity index (χ1n) is 33.1. The molecule has 568 valence electrons. The maximum Gasteiger partial charge on any atom is 0.330 e. The summed E-state index contributed by atoms with van der Waals surface area (Å²) in [6.07, 6.45) is -18.1. The molecule has 0 radical (unpaired) electrons. The zero-order valence-electron chi connectivity index (χ0n) is 57.1. The number of carboxylic acids is 1. The van der Waals surface area contributed by atoms with E-state index in [0.29, 0.717) is 6.54 Å². The molecule has 5 aromatic carbocycles. The Morgan fingerprint density at radius 2 is 1.30 bits per heavy atom. The van der Waals surface area contributed by atoms with Gasteiger partial charge in [-0.1, -0.05) is 69.1 Å². The minimum atomic E-state index is -2.34. The average molecular weight is 1530 g/mol. The van der Waals surface area contributed by atoms with Crippen molar-refractivity contribution in [2.45, 2.75) is 170 Å². The molecule has 11 bridgehead atoms. The molecule has 22 N–H and O–H groups in total. The third-order valence-corrected chi connectivity index (χ3v) is 18.9. The van der Waals surface area contributed by atoms with E-state index in [2.05, 4.69) is 43.0 Å². The molecule has 36 heteroatoms. The van der Waals surface area contributed by atoms with Gasteiger partial charge in [0.2, 0.25) is 53.4 Å². The Hall–Kier alpha value is -8.91. The molecule has 33 nitrogen and oxygen atoms in total. The van der Waals surface area contributed by atoms with Gasteiger partial charge in [0, 0.05) is 22.8 Å². The first-order valence-corrected chi connectivity index (χ1v) is 33.9. The van der Waals surface area contributed by atoms with Gasteiger partial charge in [0.1, 0.15) is 101 Å². The lowest BCUT2D eigenvalue weighted by atomic mass is 9.86. The number of primary amides is 1. The first-order chi connectivity index (χ1) is 49.0. The van der Waals surface area contributed by atoms with Gasteiger partial charge in [-0.25, -0.2) is 4.79 Å². The number of fused-ring (bicyclic) bond motifs is 15. The summed E-state index contributed by atoms with van der Waals surface area (Å²) < 4.78 is 38.5. The van der Waals surface area contributed by atoms with Crippen LogP contribution in [0.1, 0.15) is 119 Å². The Morgan fingerprint density at radius 3 is 1.89 bits per heavy atom. The number of aromatic hydroxyl groups is 3. The second kappa shape index (κ2) is 32.8. The normalized spacial score (nSPS) is 28.7. The highest BCUT2D eigenvalue weighted by Crippen LogP contribution is 2.50. The summed E-state index contributed by atoms with van der Waals surface area (Å²) in [5.74, 6) is -15.8. The minimum Gasteiger partial charge on any atom is -1.00 e. The maximum atomic E-state index is 16.1. The number of phenolic OH excluding ortho intramolecular Hbond substituents is 3.